The van der Waals surface area contributed by atoms with E-state index in [2.05, 4.69) is 12.6 Å². The third-order valence-corrected chi connectivity index (χ3v) is 4.73. The van der Waals surface area contributed by atoms with Crippen LogP contribution in [0.5, 0.6) is 0 Å². The Morgan fingerprint density at radius 3 is 2.89 bits per heavy atom. The highest BCUT2D eigenvalue weighted by molar-refractivity contribution is 7.80. The first-order valence-electron chi connectivity index (χ1n) is 6.96. The summed E-state index contributed by atoms with van der Waals surface area (Å²) in [4.78, 5) is 15.0. The van der Waals surface area contributed by atoms with Crippen molar-refractivity contribution in [3.63, 3.8) is 0 Å². The molecule has 0 bridgehead atoms. The van der Waals surface area contributed by atoms with Crippen molar-refractivity contribution in [2.45, 2.75) is 43.0 Å². The number of carbonyl (C=O) groups excluding carboxylic acids is 1. The fourth-order valence-corrected chi connectivity index (χ4v) is 3.69. The monoisotopic (exact) mass is 279 g/mol. The van der Waals surface area contributed by atoms with Crippen LogP contribution < -0.4 is 0 Å². The van der Waals surface area contributed by atoms with Gasteiger partial charge in [0, 0.05) is 17.5 Å². The maximum absolute atomic E-state index is 13.8. The molecular weight excluding hydrogens is 261 g/mol. The van der Waals surface area contributed by atoms with Crippen LogP contribution in [0.2, 0.25) is 0 Å². The van der Waals surface area contributed by atoms with Crippen LogP contribution in [0.1, 0.15) is 42.5 Å². The lowest BCUT2D eigenvalue weighted by Crippen LogP contribution is -2.39. The predicted molar refractivity (Wildman–Crippen MR) is 75.1 cm³/mol. The van der Waals surface area contributed by atoms with Gasteiger partial charge in [0.25, 0.3) is 5.91 Å². The second-order valence-electron chi connectivity index (χ2n) is 5.56. The van der Waals surface area contributed by atoms with Crippen molar-refractivity contribution in [2.24, 2.45) is 5.92 Å². The molecule has 2 aliphatic rings. The van der Waals surface area contributed by atoms with Crippen molar-refractivity contribution in [2.75, 3.05) is 6.54 Å². The van der Waals surface area contributed by atoms with Gasteiger partial charge in [0.05, 0.1) is 5.56 Å². The number of thiol groups is 1. The van der Waals surface area contributed by atoms with Crippen molar-refractivity contribution >= 4 is 18.5 Å². The minimum absolute atomic E-state index is 0.164. The summed E-state index contributed by atoms with van der Waals surface area (Å²) in [5.74, 6) is 0.0183. The van der Waals surface area contributed by atoms with Crippen LogP contribution in [0.4, 0.5) is 4.39 Å². The van der Waals surface area contributed by atoms with Crippen LogP contribution in [0.15, 0.2) is 23.1 Å². The lowest BCUT2D eigenvalue weighted by atomic mass is 9.85. The molecule has 1 aliphatic carbocycles. The zero-order valence-corrected chi connectivity index (χ0v) is 11.7. The highest BCUT2D eigenvalue weighted by Crippen LogP contribution is 2.37. The molecule has 102 valence electrons. The van der Waals surface area contributed by atoms with Gasteiger partial charge in [-0.25, -0.2) is 4.39 Å². The van der Waals surface area contributed by atoms with Gasteiger partial charge in [0.2, 0.25) is 0 Å². The summed E-state index contributed by atoms with van der Waals surface area (Å²) in [6.07, 6.45) is 5.80. The Hall–Kier alpha value is -1.03. The molecule has 2 nitrogen and oxygen atoms in total. The van der Waals surface area contributed by atoms with Crippen LogP contribution in [0.3, 0.4) is 0 Å². The molecule has 1 amide bonds. The molecule has 0 spiro atoms. The summed E-state index contributed by atoms with van der Waals surface area (Å²) in [5, 5.41) is 0. The topological polar surface area (TPSA) is 20.3 Å². The smallest absolute Gasteiger partial charge is 0.257 e. The molecule has 4 heteroatoms. The molecule has 1 aromatic rings. The van der Waals surface area contributed by atoms with Gasteiger partial charge in [-0.15, -0.1) is 12.6 Å². The Morgan fingerprint density at radius 2 is 2.05 bits per heavy atom. The van der Waals surface area contributed by atoms with E-state index in [1.165, 1.54) is 31.4 Å². The van der Waals surface area contributed by atoms with E-state index in [9.17, 15) is 9.18 Å². The molecule has 2 atom stereocenters. The van der Waals surface area contributed by atoms with Crippen molar-refractivity contribution in [1.29, 1.82) is 0 Å². The Bertz CT molecular complexity index is 505. The van der Waals surface area contributed by atoms with Crippen molar-refractivity contribution in [3.8, 4) is 0 Å². The van der Waals surface area contributed by atoms with E-state index in [-0.39, 0.29) is 11.5 Å². The quantitative estimate of drug-likeness (QED) is 0.780. The molecular formula is C15H18FNOS. The van der Waals surface area contributed by atoms with Crippen molar-refractivity contribution in [3.05, 3.63) is 29.6 Å². The van der Waals surface area contributed by atoms with Crippen LogP contribution in [-0.4, -0.2) is 23.4 Å². The lowest BCUT2D eigenvalue weighted by Gasteiger charge is -2.31. The number of benzene rings is 1. The molecule has 0 aromatic heterocycles. The first-order valence-corrected chi connectivity index (χ1v) is 7.41. The third-order valence-electron chi connectivity index (χ3n) is 4.45. The highest BCUT2D eigenvalue weighted by atomic mass is 32.1. The maximum atomic E-state index is 13.8. The first kappa shape index (κ1) is 13.0. The number of hydrogen-bond donors (Lipinski definition) is 1. The summed E-state index contributed by atoms with van der Waals surface area (Å²) in [6, 6.07) is 4.76. The minimum atomic E-state index is -0.443. The van der Waals surface area contributed by atoms with Gasteiger partial charge in [-0.2, -0.15) is 0 Å². The van der Waals surface area contributed by atoms with E-state index >= 15 is 0 Å². The van der Waals surface area contributed by atoms with E-state index in [4.69, 9.17) is 0 Å². The molecule has 0 radical (unpaired) electrons. The summed E-state index contributed by atoms with van der Waals surface area (Å²) in [7, 11) is 0. The standard InChI is InChI=1S/C15H18FNOS/c16-13-6-5-11(19)9-12(13)15(18)17-8-7-10-3-1-2-4-14(10)17/h5-6,9-10,14,19H,1-4,7-8H2. The molecule has 1 saturated carbocycles. The van der Waals surface area contributed by atoms with Gasteiger partial charge >= 0.3 is 0 Å². The molecule has 3 rings (SSSR count). The van der Waals surface area contributed by atoms with Gasteiger partial charge in [-0.05, 0) is 43.4 Å². The largest absolute Gasteiger partial charge is 0.335 e. The van der Waals surface area contributed by atoms with Gasteiger partial charge in [0.15, 0.2) is 0 Å². The lowest BCUT2D eigenvalue weighted by molar-refractivity contribution is 0.0685. The second kappa shape index (κ2) is 5.16. The summed E-state index contributed by atoms with van der Waals surface area (Å²) in [5.41, 5.74) is 0.165. The van der Waals surface area contributed by atoms with E-state index in [1.807, 2.05) is 4.90 Å². The molecule has 1 aromatic carbocycles. The number of nitrogens with zero attached hydrogens (tertiary/aromatic N) is 1. The SMILES string of the molecule is O=C(c1cc(S)ccc1F)N1CCC2CCCCC21. The third kappa shape index (κ3) is 2.38. The summed E-state index contributed by atoms with van der Waals surface area (Å²) in [6.45, 7) is 0.768. The Labute approximate surface area is 118 Å². The molecule has 1 heterocycles. The first-order chi connectivity index (χ1) is 9.16. The predicted octanol–water partition coefficient (Wildman–Crippen LogP) is 3.52. The summed E-state index contributed by atoms with van der Waals surface area (Å²) >= 11 is 4.19. The van der Waals surface area contributed by atoms with Gasteiger partial charge in [-0.3, -0.25) is 4.79 Å². The number of rotatable bonds is 1. The molecule has 0 N–H and O–H groups in total. The molecule has 2 fully saturated rings. The van der Waals surface area contributed by atoms with Crippen LogP contribution in [0, 0.1) is 11.7 Å². The Kier molecular flexibility index (Phi) is 3.52. The fraction of sp³-hybridized carbons (Fsp3) is 0.533. The normalized spacial score (nSPS) is 26.3. The number of hydrogen-bond acceptors (Lipinski definition) is 2. The van der Waals surface area contributed by atoms with E-state index in [0.29, 0.717) is 16.9 Å². The van der Waals surface area contributed by atoms with Crippen LogP contribution >= 0.6 is 12.6 Å². The summed E-state index contributed by atoms with van der Waals surface area (Å²) < 4.78 is 13.8. The number of carbonyl (C=O) groups is 1. The van der Waals surface area contributed by atoms with E-state index < -0.39 is 5.82 Å². The van der Waals surface area contributed by atoms with Gasteiger partial charge in [0.1, 0.15) is 5.82 Å². The zero-order valence-electron chi connectivity index (χ0n) is 10.8. The van der Waals surface area contributed by atoms with Crippen LogP contribution in [-0.2, 0) is 0 Å². The van der Waals surface area contributed by atoms with Crippen molar-refractivity contribution in [1.82, 2.24) is 4.90 Å². The number of amides is 1. The molecule has 1 saturated heterocycles. The van der Waals surface area contributed by atoms with Gasteiger partial charge < -0.3 is 4.90 Å². The number of halogens is 1. The van der Waals surface area contributed by atoms with E-state index in [0.717, 1.165) is 19.4 Å². The zero-order chi connectivity index (χ0) is 13.4. The molecule has 1 aliphatic heterocycles. The second-order valence-corrected chi connectivity index (χ2v) is 6.08. The number of fused-ring (bicyclic) bond motifs is 1. The maximum Gasteiger partial charge on any atom is 0.257 e. The Morgan fingerprint density at radius 1 is 1.26 bits per heavy atom. The Balaban J connectivity index is 1.85. The highest BCUT2D eigenvalue weighted by Gasteiger charge is 2.38. The average Bonchev–Trinajstić information content (AvgIpc) is 2.84. The van der Waals surface area contributed by atoms with E-state index in [1.54, 1.807) is 6.07 Å². The molecule has 2 unspecified atom stereocenters. The van der Waals surface area contributed by atoms with Crippen molar-refractivity contribution < 1.29 is 9.18 Å². The fourth-order valence-electron chi connectivity index (χ4n) is 3.49. The molecule has 19 heavy (non-hydrogen) atoms. The number of likely N-dealkylation sites (tertiary alicyclic amines) is 1. The minimum Gasteiger partial charge on any atom is -0.335 e. The van der Waals surface area contributed by atoms with Gasteiger partial charge in [-0.1, -0.05) is 12.8 Å². The average molecular weight is 279 g/mol. The van der Waals surface area contributed by atoms with Crippen LogP contribution in [0.25, 0.3) is 0 Å².